The number of nitrogens with one attached hydrogen (secondary N) is 2. The zero-order valence-corrected chi connectivity index (χ0v) is 24.3. The molecule has 0 saturated heterocycles. The van der Waals surface area contributed by atoms with E-state index in [9.17, 15) is 4.79 Å². The van der Waals surface area contributed by atoms with Crippen LogP contribution in [0.15, 0.2) is 24.4 Å². The van der Waals surface area contributed by atoms with Gasteiger partial charge in [0.25, 0.3) is 0 Å². The van der Waals surface area contributed by atoms with Crippen molar-refractivity contribution in [2.24, 2.45) is 0 Å². The van der Waals surface area contributed by atoms with Gasteiger partial charge in [-0.2, -0.15) is 0 Å². The Morgan fingerprint density at radius 2 is 1.35 bits per heavy atom. The van der Waals surface area contributed by atoms with Crippen molar-refractivity contribution < 1.29 is 9.53 Å². The van der Waals surface area contributed by atoms with Crippen LogP contribution in [0.1, 0.15) is 142 Å². The maximum Gasteiger partial charge on any atom is 0.220 e. The molecule has 0 saturated carbocycles. The molecule has 0 spiro atoms. The van der Waals surface area contributed by atoms with Gasteiger partial charge in [-0.25, -0.2) is 0 Å². The first-order chi connectivity index (χ1) is 18.1. The van der Waals surface area contributed by atoms with Crippen LogP contribution >= 0.6 is 0 Å². The van der Waals surface area contributed by atoms with Crippen molar-refractivity contribution in [3.05, 3.63) is 30.0 Å². The maximum absolute atomic E-state index is 12.2. The van der Waals surface area contributed by atoms with E-state index in [1.54, 1.807) is 0 Å². The molecule has 2 N–H and O–H groups in total. The van der Waals surface area contributed by atoms with Gasteiger partial charge in [-0.3, -0.25) is 4.79 Å². The first-order valence-electron chi connectivity index (χ1n) is 15.6. The summed E-state index contributed by atoms with van der Waals surface area (Å²) in [4.78, 5) is 15.6. The van der Waals surface area contributed by atoms with E-state index < -0.39 is 0 Å². The van der Waals surface area contributed by atoms with Crippen LogP contribution in [0.25, 0.3) is 10.9 Å². The minimum Gasteiger partial charge on any atom is -0.489 e. The summed E-state index contributed by atoms with van der Waals surface area (Å²) in [5.41, 5.74) is 2.27. The number of carbonyl (C=O) groups is 1. The molecule has 1 amide bonds. The number of para-hydroxylation sites is 1. The largest absolute Gasteiger partial charge is 0.489 e. The monoisotopic (exact) mass is 512 g/mol. The van der Waals surface area contributed by atoms with E-state index in [4.69, 9.17) is 4.74 Å². The van der Waals surface area contributed by atoms with E-state index in [1.165, 1.54) is 114 Å². The quantitative estimate of drug-likeness (QED) is 0.146. The molecule has 0 atom stereocenters. The number of amides is 1. The minimum atomic E-state index is 0.144. The van der Waals surface area contributed by atoms with Crippen LogP contribution in [0.2, 0.25) is 0 Å². The Morgan fingerprint density at radius 1 is 0.811 bits per heavy atom. The molecule has 1 heterocycles. The van der Waals surface area contributed by atoms with Gasteiger partial charge >= 0.3 is 0 Å². The van der Waals surface area contributed by atoms with Crippen LogP contribution in [-0.4, -0.2) is 23.5 Å². The van der Waals surface area contributed by atoms with E-state index in [-0.39, 0.29) is 12.0 Å². The molecule has 0 radical (unpaired) electrons. The topological polar surface area (TPSA) is 54.1 Å². The number of hydrogen-bond donors (Lipinski definition) is 2. The fraction of sp³-hybridized carbons (Fsp3) is 0.727. The number of ether oxygens (including phenoxy) is 1. The van der Waals surface area contributed by atoms with E-state index in [0.29, 0.717) is 13.0 Å². The minimum absolute atomic E-state index is 0.144. The lowest BCUT2D eigenvalue weighted by atomic mass is 10.0. The number of rotatable bonds is 23. The van der Waals surface area contributed by atoms with Gasteiger partial charge in [0.1, 0.15) is 5.75 Å². The number of benzene rings is 1. The van der Waals surface area contributed by atoms with E-state index in [0.717, 1.165) is 24.1 Å². The molecule has 0 aliphatic rings. The molecular formula is C33H56N2O2. The SMILES string of the molecule is CCCCCCCCCCCCCCCCCCCC(=O)NCCc1c[nH]c2c(OC(C)C)cccc12. The lowest BCUT2D eigenvalue weighted by Gasteiger charge is -2.10. The molecular weight excluding hydrogens is 456 g/mol. The second-order valence-corrected chi connectivity index (χ2v) is 11.2. The van der Waals surface area contributed by atoms with Crippen molar-refractivity contribution in [3.8, 4) is 5.75 Å². The second kappa shape index (κ2) is 20.1. The van der Waals surface area contributed by atoms with Crippen molar-refractivity contribution in [1.82, 2.24) is 10.3 Å². The molecule has 0 bridgehead atoms. The third-order valence-electron chi connectivity index (χ3n) is 7.35. The number of aromatic nitrogens is 1. The lowest BCUT2D eigenvalue weighted by Crippen LogP contribution is -2.25. The average molecular weight is 513 g/mol. The third-order valence-corrected chi connectivity index (χ3v) is 7.35. The van der Waals surface area contributed by atoms with Gasteiger partial charge in [0.15, 0.2) is 0 Å². The Kier molecular flexibility index (Phi) is 16.9. The molecule has 37 heavy (non-hydrogen) atoms. The average Bonchev–Trinajstić information content (AvgIpc) is 3.29. The van der Waals surface area contributed by atoms with Crippen molar-refractivity contribution in [2.45, 2.75) is 149 Å². The molecule has 0 unspecified atom stereocenters. The van der Waals surface area contributed by atoms with Gasteiger partial charge in [0.2, 0.25) is 5.91 Å². The number of H-pyrrole nitrogens is 1. The number of carbonyl (C=O) groups excluding carboxylic acids is 1. The predicted molar refractivity (Wildman–Crippen MR) is 160 cm³/mol. The molecule has 0 aliphatic carbocycles. The lowest BCUT2D eigenvalue weighted by molar-refractivity contribution is -0.121. The Labute approximate surface area is 227 Å². The van der Waals surface area contributed by atoms with Crippen LogP contribution in [0.4, 0.5) is 0 Å². The molecule has 2 aromatic rings. The Bertz CT molecular complexity index is 842. The molecule has 0 aliphatic heterocycles. The molecule has 2 rings (SSSR count). The van der Waals surface area contributed by atoms with Crippen molar-refractivity contribution in [1.29, 1.82) is 0 Å². The van der Waals surface area contributed by atoms with Crippen LogP contribution in [0, 0.1) is 0 Å². The predicted octanol–water partition coefficient (Wildman–Crippen LogP) is 9.66. The highest BCUT2D eigenvalue weighted by Gasteiger charge is 2.10. The van der Waals surface area contributed by atoms with Crippen molar-refractivity contribution in [2.75, 3.05) is 6.54 Å². The standard InChI is InChI=1S/C33H56N2O2/c1-4-5-6-7-8-9-10-11-12-13-14-15-16-17-18-19-20-24-32(36)34-26-25-29-27-35-33-30(29)22-21-23-31(33)37-28(2)3/h21-23,27-28,35H,4-20,24-26H2,1-3H3,(H,34,36). The molecule has 0 fully saturated rings. The maximum atomic E-state index is 12.2. The number of hydrogen-bond acceptors (Lipinski definition) is 2. The Hall–Kier alpha value is -1.97. The summed E-state index contributed by atoms with van der Waals surface area (Å²) in [6, 6.07) is 6.16. The van der Waals surface area contributed by atoms with Gasteiger partial charge in [-0.05, 0) is 38.3 Å². The smallest absolute Gasteiger partial charge is 0.220 e. The van der Waals surface area contributed by atoms with Crippen LogP contribution in [0.3, 0.4) is 0 Å². The zero-order chi connectivity index (χ0) is 26.6. The molecule has 210 valence electrons. The summed E-state index contributed by atoms with van der Waals surface area (Å²) in [5, 5.41) is 4.28. The third kappa shape index (κ3) is 13.9. The van der Waals surface area contributed by atoms with E-state index in [1.807, 2.05) is 32.2 Å². The van der Waals surface area contributed by atoms with Gasteiger partial charge < -0.3 is 15.0 Å². The second-order valence-electron chi connectivity index (χ2n) is 11.2. The van der Waals surface area contributed by atoms with Gasteiger partial charge in [-0.15, -0.1) is 0 Å². The summed E-state index contributed by atoms with van der Waals surface area (Å²) in [5.74, 6) is 1.08. The molecule has 4 heteroatoms. The normalized spacial score (nSPS) is 11.5. The van der Waals surface area contributed by atoms with Crippen LogP contribution in [-0.2, 0) is 11.2 Å². The summed E-state index contributed by atoms with van der Waals surface area (Å²) in [7, 11) is 0. The molecule has 1 aromatic heterocycles. The Morgan fingerprint density at radius 3 is 1.89 bits per heavy atom. The fourth-order valence-electron chi connectivity index (χ4n) is 5.18. The van der Waals surface area contributed by atoms with Gasteiger partial charge in [0.05, 0.1) is 11.6 Å². The number of fused-ring (bicyclic) bond motifs is 1. The Balaban J connectivity index is 1.40. The molecule has 4 nitrogen and oxygen atoms in total. The molecule has 1 aromatic carbocycles. The fourth-order valence-corrected chi connectivity index (χ4v) is 5.18. The highest BCUT2D eigenvalue weighted by atomic mass is 16.5. The number of unbranched alkanes of at least 4 members (excludes halogenated alkanes) is 16. The van der Waals surface area contributed by atoms with Crippen LogP contribution < -0.4 is 10.1 Å². The summed E-state index contributed by atoms with van der Waals surface area (Å²) >= 11 is 0. The van der Waals surface area contributed by atoms with Gasteiger partial charge in [0, 0.05) is 24.5 Å². The summed E-state index contributed by atoms with van der Waals surface area (Å²) in [6.07, 6.45) is 26.8. The zero-order valence-electron chi connectivity index (χ0n) is 24.3. The van der Waals surface area contributed by atoms with Crippen molar-refractivity contribution in [3.63, 3.8) is 0 Å². The van der Waals surface area contributed by atoms with Crippen LogP contribution in [0.5, 0.6) is 5.75 Å². The summed E-state index contributed by atoms with van der Waals surface area (Å²) in [6.45, 7) is 7.05. The highest BCUT2D eigenvalue weighted by molar-refractivity contribution is 5.88. The van der Waals surface area contributed by atoms with E-state index in [2.05, 4.69) is 23.3 Å². The number of aromatic amines is 1. The van der Waals surface area contributed by atoms with Crippen molar-refractivity contribution >= 4 is 16.8 Å². The summed E-state index contributed by atoms with van der Waals surface area (Å²) < 4.78 is 5.91. The first-order valence-corrected chi connectivity index (χ1v) is 15.6. The first kappa shape index (κ1) is 31.2. The van der Waals surface area contributed by atoms with E-state index >= 15 is 0 Å². The highest BCUT2D eigenvalue weighted by Crippen LogP contribution is 2.28. The van der Waals surface area contributed by atoms with Gasteiger partial charge in [-0.1, -0.05) is 122 Å².